The lowest BCUT2D eigenvalue weighted by Crippen LogP contribution is -2.25. The lowest BCUT2D eigenvalue weighted by atomic mass is 10.2. The number of anilines is 2. The van der Waals surface area contributed by atoms with Gasteiger partial charge in [0.2, 0.25) is 0 Å². The number of amides is 1. The van der Waals surface area contributed by atoms with E-state index in [0.29, 0.717) is 23.5 Å². The summed E-state index contributed by atoms with van der Waals surface area (Å²) in [7, 11) is 0. The Morgan fingerprint density at radius 1 is 1.29 bits per heavy atom. The number of phenols is 1. The number of benzene rings is 2. The third kappa shape index (κ3) is 3.05. The molecule has 2 aromatic rings. The minimum atomic E-state index is -0.488. The van der Waals surface area contributed by atoms with E-state index in [1.165, 1.54) is 12.1 Å². The number of phenolic OH excluding ortho intramolecular Hbond substituents is 1. The molecule has 6 heteroatoms. The van der Waals surface area contributed by atoms with Crippen LogP contribution in [-0.2, 0) is 11.3 Å². The Morgan fingerprint density at radius 3 is 2.95 bits per heavy atom. The number of carbonyl (C=O) groups excluding carboxylic acids is 1. The first-order valence-corrected chi connectivity index (χ1v) is 6.39. The molecule has 1 aliphatic rings. The van der Waals surface area contributed by atoms with Crippen LogP contribution >= 0.6 is 0 Å². The fourth-order valence-electron chi connectivity index (χ4n) is 2.13. The highest BCUT2D eigenvalue weighted by Gasteiger charge is 2.15. The van der Waals surface area contributed by atoms with Crippen LogP contribution in [0.1, 0.15) is 5.56 Å². The first kappa shape index (κ1) is 13.2. The smallest absolute Gasteiger partial charge is 0.262 e. The summed E-state index contributed by atoms with van der Waals surface area (Å²) in [5, 5.41) is 15.2. The van der Waals surface area contributed by atoms with E-state index in [9.17, 15) is 14.3 Å². The van der Waals surface area contributed by atoms with Crippen molar-refractivity contribution in [1.29, 1.82) is 0 Å². The summed E-state index contributed by atoms with van der Waals surface area (Å²) in [4.78, 5) is 11.3. The van der Waals surface area contributed by atoms with Crippen LogP contribution in [0.2, 0.25) is 0 Å². The highest BCUT2D eigenvalue weighted by atomic mass is 19.1. The van der Waals surface area contributed by atoms with Crippen molar-refractivity contribution < 1.29 is 19.0 Å². The number of halogens is 1. The highest BCUT2D eigenvalue weighted by molar-refractivity contribution is 5.96. The maximum atomic E-state index is 13.2. The molecule has 0 bridgehead atoms. The number of aromatic hydroxyl groups is 1. The molecule has 0 aliphatic carbocycles. The molecule has 21 heavy (non-hydrogen) atoms. The third-order valence-corrected chi connectivity index (χ3v) is 3.05. The van der Waals surface area contributed by atoms with Gasteiger partial charge in [0.15, 0.2) is 6.61 Å². The normalized spacial score (nSPS) is 13.1. The predicted octanol–water partition coefficient (Wildman–Crippen LogP) is 2.47. The van der Waals surface area contributed by atoms with Crippen LogP contribution in [0, 0.1) is 5.82 Å². The fourth-order valence-corrected chi connectivity index (χ4v) is 2.13. The maximum Gasteiger partial charge on any atom is 0.262 e. The monoisotopic (exact) mass is 288 g/mol. The highest BCUT2D eigenvalue weighted by Crippen LogP contribution is 2.30. The van der Waals surface area contributed by atoms with E-state index in [2.05, 4.69) is 10.6 Å². The standard InChI is InChI=1S/C15H13FN2O3/c16-10-3-9(4-12(19)5-10)7-17-11-1-2-14-13(6-11)18-15(20)8-21-14/h1-6,17,19H,7-8H2,(H,18,20). The van der Waals surface area contributed by atoms with E-state index >= 15 is 0 Å². The van der Waals surface area contributed by atoms with Gasteiger partial charge in [0, 0.05) is 18.3 Å². The zero-order chi connectivity index (χ0) is 14.8. The van der Waals surface area contributed by atoms with E-state index in [0.717, 1.165) is 11.8 Å². The van der Waals surface area contributed by atoms with Crippen molar-refractivity contribution in [3.05, 3.63) is 47.8 Å². The summed E-state index contributed by atoms with van der Waals surface area (Å²) >= 11 is 0. The van der Waals surface area contributed by atoms with Gasteiger partial charge in [-0.2, -0.15) is 0 Å². The molecule has 0 atom stereocenters. The van der Waals surface area contributed by atoms with Crippen molar-refractivity contribution in [3.63, 3.8) is 0 Å². The van der Waals surface area contributed by atoms with E-state index in [-0.39, 0.29) is 18.3 Å². The summed E-state index contributed by atoms with van der Waals surface area (Å²) in [6, 6.07) is 9.17. The number of rotatable bonds is 3. The average molecular weight is 288 g/mol. The molecular formula is C15H13FN2O3. The lowest BCUT2D eigenvalue weighted by molar-refractivity contribution is -0.118. The molecule has 2 aromatic carbocycles. The molecule has 1 amide bonds. The summed E-state index contributed by atoms with van der Waals surface area (Å²) in [6.45, 7) is 0.362. The van der Waals surface area contributed by atoms with Crippen molar-refractivity contribution >= 4 is 17.3 Å². The van der Waals surface area contributed by atoms with Crippen molar-refractivity contribution in [2.24, 2.45) is 0 Å². The molecule has 3 N–H and O–H groups in total. The molecule has 0 radical (unpaired) electrons. The molecular weight excluding hydrogens is 275 g/mol. The first-order valence-electron chi connectivity index (χ1n) is 6.39. The van der Waals surface area contributed by atoms with Gasteiger partial charge in [-0.25, -0.2) is 4.39 Å². The molecule has 1 aliphatic heterocycles. The van der Waals surface area contributed by atoms with Crippen molar-refractivity contribution in [2.45, 2.75) is 6.54 Å². The molecule has 0 saturated carbocycles. The van der Waals surface area contributed by atoms with Gasteiger partial charge < -0.3 is 20.5 Å². The SMILES string of the molecule is O=C1COc2ccc(NCc3cc(O)cc(F)c3)cc2N1. The number of fused-ring (bicyclic) bond motifs is 1. The first-order chi connectivity index (χ1) is 10.1. The predicted molar refractivity (Wildman–Crippen MR) is 76.0 cm³/mol. The Bertz CT molecular complexity index is 683. The molecule has 0 fully saturated rings. The van der Waals surface area contributed by atoms with Crippen molar-refractivity contribution in [1.82, 2.24) is 0 Å². The minimum Gasteiger partial charge on any atom is -0.508 e. The zero-order valence-electron chi connectivity index (χ0n) is 11.0. The van der Waals surface area contributed by atoms with Crippen molar-refractivity contribution in [3.8, 4) is 11.5 Å². The second kappa shape index (κ2) is 5.32. The molecule has 0 spiro atoms. The second-order valence-electron chi connectivity index (χ2n) is 4.72. The van der Waals surface area contributed by atoms with Crippen LogP contribution in [0.25, 0.3) is 0 Å². The van der Waals surface area contributed by atoms with Gasteiger partial charge in [-0.15, -0.1) is 0 Å². The number of ether oxygens (including phenoxy) is 1. The largest absolute Gasteiger partial charge is 0.508 e. The van der Waals surface area contributed by atoms with Crippen LogP contribution in [0.4, 0.5) is 15.8 Å². The summed E-state index contributed by atoms with van der Waals surface area (Å²) in [6.07, 6.45) is 0. The molecule has 5 nitrogen and oxygen atoms in total. The van der Waals surface area contributed by atoms with E-state index in [4.69, 9.17) is 4.74 Å². The fraction of sp³-hybridized carbons (Fsp3) is 0.133. The Hall–Kier alpha value is -2.76. The van der Waals surface area contributed by atoms with Gasteiger partial charge in [0.1, 0.15) is 17.3 Å². The molecule has 0 saturated heterocycles. The number of nitrogens with one attached hydrogen (secondary N) is 2. The Kier molecular flexibility index (Phi) is 3.35. The quantitative estimate of drug-likeness (QED) is 0.811. The van der Waals surface area contributed by atoms with Crippen LogP contribution in [0.3, 0.4) is 0 Å². The van der Waals surface area contributed by atoms with Gasteiger partial charge in [0.05, 0.1) is 5.69 Å². The Morgan fingerprint density at radius 2 is 2.14 bits per heavy atom. The summed E-state index contributed by atoms with van der Waals surface area (Å²) < 4.78 is 18.4. The third-order valence-electron chi connectivity index (χ3n) is 3.05. The van der Waals surface area contributed by atoms with Crippen LogP contribution < -0.4 is 15.4 Å². The van der Waals surface area contributed by atoms with Gasteiger partial charge in [-0.05, 0) is 35.9 Å². The van der Waals surface area contributed by atoms with Crippen LogP contribution in [0.15, 0.2) is 36.4 Å². The number of carbonyl (C=O) groups is 1. The summed E-state index contributed by atoms with van der Waals surface area (Å²) in [5.74, 6) is -0.186. The maximum absolute atomic E-state index is 13.2. The average Bonchev–Trinajstić information content (AvgIpc) is 2.43. The van der Waals surface area contributed by atoms with Gasteiger partial charge in [-0.3, -0.25) is 4.79 Å². The number of hydrogen-bond donors (Lipinski definition) is 3. The van der Waals surface area contributed by atoms with E-state index in [1.54, 1.807) is 18.2 Å². The van der Waals surface area contributed by atoms with Gasteiger partial charge in [0.25, 0.3) is 5.91 Å². The lowest BCUT2D eigenvalue weighted by Gasteiger charge is -2.19. The molecule has 0 aromatic heterocycles. The molecule has 1 heterocycles. The Labute approximate surface area is 120 Å². The van der Waals surface area contributed by atoms with Crippen LogP contribution in [0.5, 0.6) is 11.5 Å². The zero-order valence-corrected chi connectivity index (χ0v) is 11.0. The van der Waals surface area contributed by atoms with Gasteiger partial charge >= 0.3 is 0 Å². The number of hydrogen-bond acceptors (Lipinski definition) is 4. The Balaban J connectivity index is 1.73. The van der Waals surface area contributed by atoms with Crippen LogP contribution in [-0.4, -0.2) is 17.6 Å². The molecule has 108 valence electrons. The van der Waals surface area contributed by atoms with E-state index in [1.807, 2.05) is 0 Å². The summed E-state index contributed by atoms with van der Waals surface area (Å²) in [5.41, 5.74) is 1.96. The second-order valence-corrected chi connectivity index (χ2v) is 4.72. The van der Waals surface area contributed by atoms with E-state index < -0.39 is 5.82 Å². The van der Waals surface area contributed by atoms with Gasteiger partial charge in [-0.1, -0.05) is 0 Å². The topological polar surface area (TPSA) is 70.6 Å². The minimum absolute atomic E-state index is 0.0162. The molecule has 0 unspecified atom stereocenters. The van der Waals surface area contributed by atoms with Crippen molar-refractivity contribution in [2.75, 3.05) is 17.2 Å². The molecule has 3 rings (SSSR count).